The summed E-state index contributed by atoms with van der Waals surface area (Å²) in [4.78, 5) is 12.5. The Kier molecular flexibility index (Phi) is 6.39. The van der Waals surface area contributed by atoms with Crippen molar-refractivity contribution in [3.05, 3.63) is 88.9 Å². The molecule has 1 heterocycles. The SMILES string of the molecule is Cc1ccc(-c2nnc(SCC(=O)Nc3ccccc3C)n2-c2ccccc2)cc1Cl. The molecular formula is C24H21ClN4OS. The summed E-state index contributed by atoms with van der Waals surface area (Å²) in [5, 5.41) is 13.0. The van der Waals surface area contributed by atoms with Crippen molar-refractivity contribution in [2.75, 3.05) is 11.1 Å². The average molecular weight is 449 g/mol. The molecule has 0 aliphatic rings. The molecule has 0 aliphatic carbocycles. The molecule has 0 unspecified atom stereocenters. The summed E-state index contributed by atoms with van der Waals surface area (Å²) in [6.07, 6.45) is 0. The van der Waals surface area contributed by atoms with Gasteiger partial charge in [0.15, 0.2) is 11.0 Å². The second-order valence-electron chi connectivity index (χ2n) is 7.09. The fourth-order valence-electron chi connectivity index (χ4n) is 3.12. The molecule has 0 radical (unpaired) electrons. The predicted octanol–water partition coefficient (Wildman–Crippen LogP) is 5.94. The Morgan fingerprint density at radius 2 is 1.71 bits per heavy atom. The Morgan fingerprint density at radius 3 is 2.45 bits per heavy atom. The van der Waals surface area contributed by atoms with Gasteiger partial charge in [0.1, 0.15) is 0 Å². The number of halogens is 1. The largest absolute Gasteiger partial charge is 0.325 e. The minimum absolute atomic E-state index is 0.0955. The molecule has 0 saturated heterocycles. The molecule has 0 saturated carbocycles. The summed E-state index contributed by atoms with van der Waals surface area (Å²) in [6.45, 7) is 3.93. The second kappa shape index (κ2) is 9.37. The van der Waals surface area contributed by atoms with E-state index in [0.717, 1.165) is 28.1 Å². The van der Waals surface area contributed by atoms with Gasteiger partial charge in [-0.2, -0.15) is 0 Å². The maximum atomic E-state index is 12.5. The fraction of sp³-hybridized carbons (Fsp3) is 0.125. The first-order chi connectivity index (χ1) is 15.0. The van der Waals surface area contributed by atoms with E-state index in [2.05, 4.69) is 15.5 Å². The van der Waals surface area contributed by atoms with Crippen molar-refractivity contribution in [2.45, 2.75) is 19.0 Å². The Hall–Kier alpha value is -3.09. The number of carbonyl (C=O) groups is 1. The summed E-state index contributed by atoms with van der Waals surface area (Å²) < 4.78 is 1.95. The van der Waals surface area contributed by atoms with Crippen LogP contribution >= 0.6 is 23.4 Å². The van der Waals surface area contributed by atoms with Crippen LogP contribution < -0.4 is 5.32 Å². The first-order valence-corrected chi connectivity index (χ1v) is 11.1. The monoisotopic (exact) mass is 448 g/mol. The van der Waals surface area contributed by atoms with E-state index in [1.54, 1.807) is 0 Å². The van der Waals surface area contributed by atoms with Gasteiger partial charge in [-0.05, 0) is 49.2 Å². The fourth-order valence-corrected chi connectivity index (χ4v) is 4.05. The molecule has 1 amide bonds. The number of amides is 1. The molecule has 5 nitrogen and oxygen atoms in total. The van der Waals surface area contributed by atoms with Crippen LogP contribution in [0.15, 0.2) is 78.0 Å². The molecule has 156 valence electrons. The van der Waals surface area contributed by atoms with Crippen molar-refractivity contribution in [3.8, 4) is 17.1 Å². The third-order valence-corrected chi connectivity index (χ3v) is 6.17. The third kappa shape index (κ3) is 4.81. The van der Waals surface area contributed by atoms with Crippen molar-refractivity contribution in [2.24, 2.45) is 0 Å². The van der Waals surface area contributed by atoms with Crippen molar-refractivity contribution in [1.82, 2.24) is 14.8 Å². The average Bonchev–Trinajstić information content (AvgIpc) is 3.20. The summed E-state index contributed by atoms with van der Waals surface area (Å²) in [5.41, 5.74) is 4.61. The van der Waals surface area contributed by atoms with Crippen molar-refractivity contribution < 1.29 is 4.79 Å². The topological polar surface area (TPSA) is 59.8 Å². The number of carbonyl (C=O) groups excluding carboxylic acids is 1. The van der Waals surface area contributed by atoms with Gasteiger partial charge in [0, 0.05) is 22.0 Å². The number of anilines is 1. The molecule has 1 N–H and O–H groups in total. The molecule has 4 rings (SSSR count). The highest BCUT2D eigenvalue weighted by Crippen LogP contribution is 2.30. The van der Waals surface area contributed by atoms with Crippen LogP contribution in [0.4, 0.5) is 5.69 Å². The summed E-state index contributed by atoms with van der Waals surface area (Å²) in [7, 11) is 0. The van der Waals surface area contributed by atoms with Crippen LogP contribution in [0.2, 0.25) is 5.02 Å². The highest BCUT2D eigenvalue weighted by atomic mass is 35.5. The van der Waals surface area contributed by atoms with Crippen LogP contribution in [-0.4, -0.2) is 26.4 Å². The molecule has 0 atom stereocenters. The molecule has 3 aromatic carbocycles. The summed E-state index contributed by atoms with van der Waals surface area (Å²) in [6, 6.07) is 23.4. The van der Waals surface area contributed by atoms with Gasteiger partial charge in [-0.3, -0.25) is 9.36 Å². The number of aromatic nitrogens is 3. The Balaban J connectivity index is 1.62. The number of nitrogens with one attached hydrogen (secondary N) is 1. The molecule has 1 aromatic heterocycles. The lowest BCUT2D eigenvalue weighted by Crippen LogP contribution is -2.15. The standard InChI is InChI=1S/C24H21ClN4OS/c1-16-12-13-18(14-20(16)25)23-27-28-24(29(23)19-9-4-3-5-10-19)31-15-22(30)26-21-11-7-6-8-17(21)2/h3-14H,15H2,1-2H3,(H,26,30). The van der Waals surface area contributed by atoms with E-state index in [1.165, 1.54) is 11.8 Å². The van der Waals surface area contributed by atoms with E-state index in [4.69, 9.17) is 11.6 Å². The predicted molar refractivity (Wildman–Crippen MR) is 127 cm³/mol. The normalized spacial score (nSPS) is 10.8. The number of rotatable bonds is 6. The lowest BCUT2D eigenvalue weighted by atomic mass is 10.1. The number of para-hydroxylation sites is 2. The molecular weight excluding hydrogens is 428 g/mol. The highest BCUT2D eigenvalue weighted by Gasteiger charge is 2.18. The maximum absolute atomic E-state index is 12.5. The maximum Gasteiger partial charge on any atom is 0.234 e. The quantitative estimate of drug-likeness (QED) is 0.371. The molecule has 0 aliphatic heterocycles. The zero-order valence-corrected chi connectivity index (χ0v) is 18.7. The minimum atomic E-state index is -0.0955. The smallest absolute Gasteiger partial charge is 0.234 e. The number of hydrogen-bond acceptors (Lipinski definition) is 4. The first-order valence-electron chi connectivity index (χ1n) is 9.78. The van der Waals surface area contributed by atoms with E-state index in [-0.39, 0.29) is 11.7 Å². The van der Waals surface area contributed by atoms with Crippen LogP contribution in [0.25, 0.3) is 17.1 Å². The van der Waals surface area contributed by atoms with Crippen molar-refractivity contribution in [3.63, 3.8) is 0 Å². The van der Waals surface area contributed by atoms with Gasteiger partial charge in [-0.15, -0.1) is 10.2 Å². The van der Waals surface area contributed by atoms with Gasteiger partial charge >= 0.3 is 0 Å². The van der Waals surface area contributed by atoms with Gasteiger partial charge < -0.3 is 5.32 Å². The van der Waals surface area contributed by atoms with Crippen LogP contribution in [0, 0.1) is 13.8 Å². The van der Waals surface area contributed by atoms with Crippen molar-refractivity contribution >= 4 is 35.0 Å². The number of benzene rings is 3. The third-order valence-electron chi connectivity index (χ3n) is 4.83. The van der Waals surface area contributed by atoms with E-state index in [0.29, 0.717) is 16.0 Å². The molecule has 4 aromatic rings. The van der Waals surface area contributed by atoms with E-state index >= 15 is 0 Å². The highest BCUT2D eigenvalue weighted by molar-refractivity contribution is 7.99. The number of thioether (sulfide) groups is 1. The van der Waals surface area contributed by atoms with Gasteiger partial charge in [-0.1, -0.05) is 71.9 Å². The zero-order chi connectivity index (χ0) is 21.8. The lowest BCUT2D eigenvalue weighted by Gasteiger charge is -2.11. The van der Waals surface area contributed by atoms with Crippen LogP contribution in [0.3, 0.4) is 0 Å². The number of aryl methyl sites for hydroxylation is 2. The van der Waals surface area contributed by atoms with Gasteiger partial charge in [0.25, 0.3) is 0 Å². The van der Waals surface area contributed by atoms with Gasteiger partial charge in [0.05, 0.1) is 5.75 Å². The summed E-state index contributed by atoms with van der Waals surface area (Å²) in [5.74, 6) is 0.797. The molecule has 0 fully saturated rings. The molecule has 0 bridgehead atoms. The van der Waals surface area contributed by atoms with E-state index in [1.807, 2.05) is 91.2 Å². The van der Waals surface area contributed by atoms with E-state index in [9.17, 15) is 4.79 Å². The Morgan fingerprint density at radius 1 is 0.968 bits per heavy atom. The van der Waals surface area contributed by atoms with Crippen LogP contribution in [-0.2, 0) is 4.79 Å². The van der Waals surface area contributed by atoms with Crippen LogP contribution in [0.1, 0.15) is 11.1 Å². The van der Waals surface area contributed by atoms with Crippen molar-refractivity contribution in [1.29, 1.82) is 0 Å². The van der Waals surface area contributed by atoms with Gasteiger partial charge in [-0.25, -0.2) is 0 Å². The summed E-state index contributed by atoms with van der Waals surface area (Å²) >= 11 is 7.69. The molecule has 31 heavy (non-hydrogen) atoms. The second-order valence-corrected chi connectivity index (χ2v) is 8.44. The molecule has 7 heteroatoms. The Bertz CT molecular complexity index is 1220. The van der Waals surface area contributed by atoms with E-state index < -0.39 is 0 Å². The Labute approximate surface area is 190 Å². The van der Waals surface area contributed by atoms with Crippen LogP contribution in [0.5, 0.6) is 0 Å². The number of hydrogen-bond donors (Lipinski definition) is 1. The molecule has 0 spiro atoms. The van der Waals surface area contributed by atoms with Gasteiger partial charge in [0.2, 0.25) is 5.91 Å². The first kappa shape index (κ1) is 21.2. The lowest BCUT2D eigenvalue weighted by molar-refractivity contribution is -0.113. The number of nitrogens with zero attached hydrogens (tertiary/aromatic N) is 3. The minimum Gasteiger partial charge on any atom is -0.325 e. The zero-order valence-electron chi connectivity index (χ0n) is 17.2.